The van der Waals surface area contributed by atoms with E-state index < -0.39 is 0 Å². The molecule has 0 unspecified atom stereocenters. The van der Waals surface area contributed by atoms with E-state index in [2.05, 4.69) is 30.2 Å². The molecule has 1 saturated heterocycles. The van der Waals surface area contributed by atoms with Gasteiger partial charge in [0, 0.05) is 38.4 Å². The summed E-state index contributed by atoms with van der Waals surface area (Å²) in [6, 6.07) is 2.16. The second-order valence-corrected chi connectivity index (χ2v) is 6.25. The maximum absolute atomic E-state index is 10.0. The molecule has 3 rings (SSSR count). The van der Waals surface area contributed by atoms with Crippen molar-refractivity contribution >= 4 is 17.3 Å². The Morgan fingerprint density at radius 3 is 2.91 bits per heavy atom. The van der Waals surface area contributed by atoms with Crippen molar-refractivity contribution in [3.05, 3.63) is 24.8 Å². The van der Waals surface area contributed by atoms with Crippen molar-refractivity contribution in [2.75, 3.05) is 37.4 Å². The summed E-state index contributed by atoms with van der Waals surface area (Å²) < 4.78 is 1.73. The average Bonchev–Trinajstić information content (AvgIpc) is 3.04. The quantitative estimate of drug-likeness (QED) is 0.829. The molecule has 8 nitrogen and oxygen atoms in total. The molecule has 0 spiro atoms. The van der Waals surface area contributed by atoms with Crippen LogP contribution in [0.3, 0.4) is 0 Å². The van der Waals surface area contributed by atoms with Crippen LogP contribution >= 0.6 is 0 Å². The summed E-state index contributed by atoms with van der Waals surface area (Å²) in [5.74, 6) is 1.54. The summed E-state index contributed by atoms with van der Waals surface area (Å²) in [6.07, 6.45) is 5.62. The smallest absolute Gasteiger partial charge is 0.135 e. The number of anilines is 3. The van der Waals surface area contributed by atoms with Gasteiger partial charge in [-0.25, -0.2) is 9.97 Å². The molecule has 3 heterocycles. The minimum absolute atomic E-state index is 0.251. The van der Waals surface area contributed by atoms with Gasteiger partial charge in [-0.05, 0) is 20.5 Å². The Morgan fingerprint density at radius 2 is 2.22 bits per heavy atom. The van der Waals surface area contributed by atoms with Gasteiger partial charge in [-0.15, -0.1) is 0 Å². The van der Waals surface area contributed by atoms with Gasteiger partial charge in [0.1, 0.15) is 18.0 Å². The molecule has 8 heteroatoms. The third kappa shape index (κ3) is 3.77. The highest BCUT2D eigenvalue weighted by molar-refractivity contribution is 5.58. The van der Waals surface area contributed by atoms with E-state index in [1.54, 1.807) is 17.2 Å². The monoisotopic (exact) mass is 317 g/mol. The number of aryl methyl sites for hydroxylation is 1. The number of aliphatic hydroxyl groups is 1. The van der Waals surface area contributed by atoms with Gasteiger partial charge < -0.3 is 20.2 Å². The summed E-state index contributed by atoms with van der Waals surface area (Å²) in [7, 11) is 5.95. The molecule has 0 amide bonds. The van der Waals surface area contributed by atoms with E-state index in [1.807, 2.05) is 33.4 Å². The Bertz CT molecular complexity index is 657. The van der Waals surface area contributed by atoms with Crippen LogP contribution in [0.2, 0.25) is 0 Å². The zero-order chi connectivity index (χ0) is 16.4. The Labute approximate surface area is 135 Å². The molecule has 2 aromatic rings. The number of hydrogen-bond acceptors (Lipinski definition) is 7. The van der Waals surface area contributed by atoms with Crippen molar-refractivity contribution in [2.24, 2.45) is 7.05 Å². The Hall–Kier alpha value is -2.19. The predicted molar refractivity (Wildman–Crippen MR) is 88.8 cm³/mol. The largest absolute Gasteiger partial charge is 0.391 e. The van der Waals surface area contributed by atoms with Gasteiger partial charge >= 0.3 is 0 Å². The molecule has 2 atom stereocenters. The summed E-state index contributed by atoms with van der Waals surface area (Å²) in [4.78, 5) is 12.9. The number of rotatable bonds is 5. The first-order chi connectivity index (χ1) is 11.0. The fraction of sp³-hybridized carbons (Fsp3) is 0.533. The number of β-amino-alcohol motifs (C(OH)–C–C–N with tert-alkyl or cyclic N) is 1. The van der Waals surface area contributed by atoms with Crippen LogP contribution in [0.5, 0.6) is 0 Å². The van der Waals surface area contributed by atoms with Crippen LogP contribution in [-0.4, -0.2) is 69.1 Å². The molecule has 0 radical (unpaired) electrons. The average molecular weight is 317 g/mol. The maximum Gasteiger partial charge on any atom is 0.135 e. The second kappa shape index (κ2) is 6.51. The zero-order valence-corrected chi connectivity index (χ0v) is 13.7. The van der Waals surface area contributed by atoms with Gasteiger partial charge in [-0.2, -0.15) is 5.10 Å². The van der Waals surface area contributed by atoms with Crippen LogP contribution in [0.25, 0.3) is 0 Å². The topological polar surface area (TPSA) is 82.3 Å². The van der Waals surface area contributed by atoms with Gasteiger partial charge in [0.2, 0.25) is 0 Å². The van der Waals surface area contributed by atoms with Crippen LogP contribution in [0.4, 0.5) is 17.3 Å². The van der Waals surface area contributed by atoms with Crippen molar-refractivity contribution in [3.8, 4) is 0 Å². The molecule has 23 heavy (non-hydrogen) atoms. The number of nitrogens with zero attached hydrogens (tertiary/aromatic N) is 6. The SMILES string of the molecule is CN(C)C[C@H]1C[C@@H](O)CN1c1cc(Nc2cnn(C)c2)ncn1. The van der Waals surface area contributed by atoms with E-state index in [9.17, 15) is 5.11 Å². The second-order valence-electron chi connectivity index (χ2n) is 6.25. The lowest BCUT2D eigenvalue weighted by atomic mass is 10.2. The van der Waals surface area contributed by atoms with Crippen LogP contribution in [-0.2, 0) is 7.05 Å². The lowest BCUT2D eigenvalue weighted by Crippen LogP contribution is -2.38. The van der Waals surface area contributed by atoms with E-state index in [-0.39, 0.29) is 12.1 Å². The first-order valence-electron chi connectivity index (χ1n) is 7.68. The first kappa shape index (κ1) is 15.7. The molecule has 1 aliphatic rings. The fourth-order valence-corrected chi connectivity index (χ4v) is 2.97. The van der Waals surface area contributed by atoms with Crippen molar-refractivity contribution in [1.82, 2.24) is 24.6 Å². The molecular formula is C15H23N7O. The predicted octanol–water partition coefficient (Wildman–Crippen LogP) is 0.455. The van der Waals surface area contributed by atoms with Crippen LogP contribution in [0.1, 0.15) is 6.42 Å². The van der Waals surface area contributed by atoms with Crippen molar-refractivity contribution in [2.45, 2.75) is 18.6 Å². The Balaban J connectivity index is 1.78. The maximum atomic E-state index is 10.0. The van der Waals surface area contributed by atoms with Gasteiger partial charge in [-0.1, -0.05) is 0 Å². The number of aromatic nitrogens is 4. The number of nitrogens with one attached hydrogen (secondary N) is 1. The van der Waals surface area contributed by atoms with Gasteiger partial charge in [0.05, 0.1) is 18.0 Å². The number of likely N-dealkylation sites (N-methyl/N-ethyl adjacent to an activating group) is 1. The highest BCUT2D eigenvalue weighted by Crippen LogP contribution is 2.26. The minimum Gasteiger partial charge on any atom is -0.391 e. The standard InChI is InChI=1S/C15H23N7O/c1-20(2)8-12-4-13(23)9-22(12)15-5-14(16-10-17-15)19-11-6-18-21(3)7-11/h5-7,10,12-13,23H,4,8-9H2,1-3H3,(H,16,17,19)/t12-,13-/m1/s1. The third-order valence-electron chi connectivity index (χ3n) is 3.89. The normalized spacial score (nSPS) is 21.2. The minimum atomic E-state index is -0.315. The lowest BCUT2D eigenvalue weighted by Gasteiger charge is -2.27. The van der Waals surface area contributed by atoms with Crippen molar-refractivity contribution < 1.29 is 5.11 Å². The Kier molecular flexibility index (Phi) is 4.44. The highest BCUT2D eigenvalue weighted by atomic mass is 16.3. The van der Waals surface area contributed by atoms with Crippen LogP contribution in [0, 0.1) is 0 Å². The van der Waals surface area contributed by atoms with E-state index >= 15 is 0 Å². The highest BCUT2D eigenvalue weighted by Gasteiger charge is 2.32. The third-order valence-corrected chi connectivity index (χ3v) is 3.89. The van der Waals surface area contributed by atoms with E-state index in [4.69, 9.17) is 0 Å². The Morgan fingerprint density at radius 1 is 1.39 bits per heavy atom. The number of hydrogen-bond donors (Lipinski definition) is 2. The molecule has 1 aliphatic heterocycles. The lowest BCUT2D eigenvalue weighted by molar-refractivity contribution is 0.191. The summed E-state index contributed by atoms with van der Waals surface area (Å²) >= 11 is 0. The van der Waals surface area contributed by atoms with Crippen molar-refractivity contribution in [1.29, 1.82) is 0 Å². The van der Waals surface area contributed by atoms with Crippen molar-refractivity contribution in [3.63, 3.8) is 0 Å². The molecule has 2 aromatic heterocycles. The summed E-state index contributed by atoms with van der Waals surface area (Å²) in [5, 5.41) is 17.4. The van der Waals surface area contributed by atoms with E-state index in [0.29, 0.717) is 12.4 Å². The molecule has 0 bridgehead atoms. The summed E-state index contributed by atoms with van der Waals surface area (Å²) in [6.45, 7) is 1.48. The molecule has 0 saturated carbocycles. The van der Waals surface area contributed by atoms with E-state index in [0.717, 1.165) is 24.5 Å². The van der Waals surface area contributed by atoms with Crippen LogP contribution in [0.15, 0.2) is 24.8 Å². The number of aliphatic hydroxyl groups excluding tert-OH is 1. The molecule has 0 aromatic carbocycles. The molecule has 0 aliphatic carbocycles. The van der Waals surface area contributed by atoms with Gasteiger partial charge in [0.25, 0.3) is 0 Å². The molecule has 124 valence electrons. The van der Waals surface area contributed by atoms with E-state index in [1.165, 1.54) is 0 Å². The molecular weight excluding hydrogens is 294 g/mol. The molecule has 2 N–H and O–H groups in total. The summed E-state index contributed by atoms with van der Waals surface area (Å²) in [5.41, 5.74) is 0.878. The molecule has 1 fully saturated rings. The first-order valence-corrected chi connectivity index (χ1v) is 7.68. The van der Waals surface area contributed by atoms with Gasteiger partial charge in [-0.3, -0.25) is 4.68 Å². The fourth-order valence-electron chi connectivity index (χ4n) is 2.97. The van der Waals surface area contributed by atoms with Crippen LogP contribution < -0.4 is 10.2 Å². The zero-order valence-electron chi connectivity index (χ0n) is 13.7. The van der Waals surface area contributed by atoms with Gasteiger partial charge in [0.15, 0.2) is 0 Å².